The van der Waals surface area contributed by atoms with Gasteiger partial charge >= 0.3 is 0 Å². The predicted molar refractivity (Wildman–Crippen MR) is 164 cm³/mol. The van der Waals surface area contributed by atoms with E-state index in [1.807, 2.05) is 30.3 Å². The fourth-order valence-electron chi connectivity index (χ4n) is 4.11. The fraction of sp³-hybridized carbons (Fsp3) is 0.581. The third kappa shape index (κ3) is 19.1. The standard InChI is InChI=1S/C30H45NO2S.CH4O4S/c1-4-5-6-7-8-9-10-11-12-13-17-20-29(32)31-30(25-26-18-15-14-16-19-26)33-27-21-23-28(24-22-27)34(2)3;1-5-6(2,3)4/h14-16,18-19,21-24,30H,4-13,17,20,25H2,1-3H3;1H3,(H,2,3,4)/t30-;/m1./s1. The molecule has 0 spiro atoms. The van der Waals surface area contributed by atoms with E-state index < -0.39 is 10.4 Å². The van der Waals surface area contributed by atoms with Crippen molar-refractivity contribution >= 4 is 27.2 Å². The van der Waals surface area contributed by atoms with Crippen molar-refractivity contribution in [2.45, 2.75) is 102 Å². The number of carbonyl (C=O) groups excluding carboxylic acids is 1. The zero-order valence-corrected chi connectivity index (χ0v) is 26.4. The lowest BCUT2D eigenvalue weighted by Gasteiger charge is -2.21. The van der Waals surface area contributed by atoms with E-state index in [-0.39, 0.29) is 23.0 Å². The average Bonchev–Trinajstić information content (AvgIpc) is 2.92. The van der Waals surface area contributed by atoms with Crippen LogP contribution in [0.3, 0.4) is 0 Å². The van der Waals surface area contributed by atoms with Gasteiger partial charge in [-0.1, -0.05) is 101 Å². The monoisotopic (exact) mass is 595 g/mol. The van der Waals surface area contributed by atoms with E-state index in [0.29, 0.717) is 12.8 Å². The van der Waals surface area contributed by atoms with Gasteiger partial charge in [0.15, 0.2) is 11.1 Å². The molecule has 0 saturated heterocycles. The smallest absolute Gasteiger partial charge is 0.222 e. The van der Waals surface area contributed by atoms with Gasteiger partial charge in [-0.15, -0.1) is 0 Å². The number of ether oxygens (including phenoxy) is 1. The summed E-state index contributed by atoms with van der Waals surface area (Å²) in [4.78, 5) is 14.0. The second-order valence-electron chi connectivity index (χ2n) is 10.0. The minimum absolute atomic E-state index is 0.0807. The minimum atomic E-state index is -4.41. The summed E-state index contributed by atoms with van der Waals surface area (Å²) in [7, 11) is -3.38. The zero-order chi connectivity index (χ0) is 29.6. The van der Waals surface area contributed by atoms with Crippen LogP contribution < -0.4 is 10.1 Å². The Bertz CT molecular complexity index is 1010. The van der Waals surface area contributed by atoms with Gasteiger partial charge in [-0.3, -0.25) is 8.98 Å². The molecular weight excluding hydrogens is 546 g/mol. The SMILES string of the molecule is CCCCCCCCCCCCCC(=O)N[C@@H](Cc1ccccc1)Oc1ccc([S+](C)C)cc1.COS(=O)(=O)[O-]. The lowest BCUT2D eigenvalue weighted by atomic mass is 10.1. The van der Waals surface area contributed by atoms with Crippen molar-refractivity contribution < 1.29 is 26.7 Å². The van der Waals surface area contributed by atoms with Crippen molar-refractivity contribution in [1.29, 1.82) is 0 Å². The Labute approximate surface area is 245 Å². The number of amides is 1. The van der Waals surface area contributed by atoms with Gasteiger partial charge in [0.05, 0.1) is 7.11 Å². The fourth-order valence-corrected chi connectivity index (χ4v) is 4.79. The van der Waals surface area contributed by atoms with Gasteiger partial charge in [0.25, 0.3) is 0 Å². The topological polar surface area (TPSA) is 105 Å². The molecule has 1 atom stereocenters. The van der Waals surface area contributed by atoms with E-state index >= 15 is 0 Å². The molecule has 2 rings (SSSR count). The van der Waals surface area contributed by atoms with Crippen molar-refractivity contribution in [3.8, 4) is 5.75 Å². The molecule has 1 N–H and O–H groups in total. The highest BCUT2D eigenvalue weighted by molar-refractivity contribution is 7.95. The average molecular weight is 596 g/mol. The number of unbranched alkanes of at least 4 members (excludes halogenated alkanes) is 10. The molecule has 7 nitrogen and oxygen atoms in total. The van der Waals surface area contributed by atoms with Gasteiger partial charge in [0.2, 0.25) is 16.3 Å². The van der Waals surface area contributed by atoms with Crippen LogP contribution in [-0.2, 0) is 36.7 Å². The molecule has 2 aromatic carbocycles. The van der Waals surface area contributed by atoms with Gasteiger partial charge in [-0.05, 0) is 36.2 Å². The number of hydrogen-bond acceptors (Lipinski definition) is 6. The Morgan fingerprint density at radius 3 is 1.82 bits per heavy atom. The molecule has 9 heteroatoms. The van der Waals surface area contributed by atoms with Crippen molar-refractivity contribution in [3.63, 3.8) is 0 Å². The first-order valence-corrected chi connectivity index (χ1v) is 17.7. The van der Waals surface area contributed by atoms with E-state index in [0.717, 1.165) is 31.3 Å². The summed E-state index contributed by atoms with van der Waals surface area (Å²) in [5, 5.41) is 3.13. The molecule has 0 aliphatic rings. The summed E-state index contributed by atoms with van der Waals surface area (Å²) in [6.45, 7) is 2.27. The Morgan fingerprint density at radius 2 is 1.35 bits per heavy atom. The molecule has 0 aromatic heterocycles. The molecule has 0 aliphatic carbocycles. The van der Waals surface area contributed by atoms with E-state index in [1.54, 1.807) is 0 Å². The van der Waals surface area contributed by atoms with Crippen LogP contribution in [0.5, 0.6) is 5.75 Å². The summed E-state index contributed by atoms with van der Waals surface area (Å²) in [6.07, 6.45) is 19.4. The Morgan fingerprint density at radius 1 is 0.850 bits per heavy atom. The van der Waals surface area contributed by atoms with Gasteiger partial charge in [0.1, 0.15) is 18.3 Å². The number of benzene rings is 2. The summed E-state index contributed by atoms with van der Waals surface area (Å²) < 4.78 is 37.2. The van der Waals surface area contributed by atoms with E-state index in [2.05, 4.69) is 53.2 Å². The molecular formula is C31H49NO6S2. The van der Waals surface area contributed by atoms with Gasteiger partial charge in [-0.25, -0.2) is 8.42 Å². The Balaban J connectivity index is 0.00000120. The lowest BCUT2D eigenvalue weighted by molar-refractivity contribution is -0.123. The molecule has 1 amide bonds. The second kappa shape index (κ2) is 21.6. The maximum absolute atomic E-state index is 12.6. The normalized spacial score (nSPS) is 11.9. The maximum atomic E-state index is 12.6. The molecule has 0 fully saturated rings. The highest BCUT2D eigenvalue weighted by Crippen LogP contribution is 2.18. The quantitative estimate of drug-likeness (QED) is 0.0631. The van der Waals surface area contributed by atoms with Crippen molar-refractivity contribution in [3.05, 3.63) is 60.2 Å². The Hall–Kier alpha value is -2.07. The second-order valence-corrected chi connectivity index (χ2v) is 13.3. The first-order chi connectivity index (χ1) is 19.1. The van der Waals surface area contributed by atoms with Gasteiger partial charge in [-0.2, -0.15) is 0 Å². The first kappa shape index (κ1) is 36.0. The lowest BCUT2D eigenvalue weighted by Crippen LogP contribution is -2.40. The van der Waals surface area contributed by atoms with Crippen molar-refractivity contribution in [1.82, 2.24) is 5.32 Å². The summed E-state index contributed by atoms with van der Waals surface area (Å²) in [6, 6.07) is 18.5. The maximum Gasteiger partial charge on any atom is 0.222 e. The molecule has 0 unspecified atom stereocenters. The van der Waals surface area contributed by atoms with Crippen LogP contribution >= 0.6 is 0 Å². The first-order valence-electron chi connectivity index (χ1n) is 14.3. The highest BCUT2D eigenvalue weighted by atomic mass is 32.3. The zero-order valence-electron chi connectivity index (χ0n) is 24.7. The van der Waals surface area contributed by atoms with Crippen LogP contribution in [0.25, 0.3) is 0 Å². The molecule has 0 aliphatic heterocycles. The third-order valence-corrected chi connectivity index (χ3v) is 7.99. The number of hydrogen-bond donors (Lipinski definition) is 1. The number of nitrogens with one attached hydrogen (secondary N) is 1. The number of rotatable bonds is 19. The van der Waals surface area contributed by atoms with E-state index in [4.69, 9.17) is 4.74 Å². The third-order valence-electron chi connectivity index (χ3n) is 6.37. The van der Waals surface area contributed by atoms with Crippen LogP contribution in [0, 0.1) is 0 Å². The molecule has 0 saturated carbocycles. The van der Waals surface area contributed by atoms with Crippen LogP contribution in [0.2, 0.25) is 0 Å². The predicted octanol–water partition coefficient (Wildman–Crippen LogP) is 6.78. The van der Waals surface area contributed by atoms with Crippen LogP contribution in [-0.4, -0.2) is 44.7 Å². The van der Waals surface area contributed by atoms with Crippen molar-refractivity contribution in [2.24, 2.45) is 0 Å². The van der Waals surface area contributed by atoms with Crippen LogP contribution in [0.4, 0.5) is 0 Å². The molecule has 0 bridgehead atoms. The van der Waals surface area contributed by atoms with Crippen LogP contribution in [0.15, 0.2) is 59.5 Å². The van der Waals surface area contributed by atoms with E-state index in [9.17, 15) is 17.8 Å². The molecule has 0 heterocycles. The minimum Gasteiger partial charge on any atom is -0.726 e. The molecule has 2 aromatic rings. The molecule has 0 radical (unpaired) electrons. The highest BCUT2D eigenvalue weighted by Gasteiger charge is 2.16. The Kier molecular flexibility index (Phi) is 19.5. The van der Waals surface area contributed by atoms with E-state index in [1.165, 1.54) is 62.7 Å². The van der Waals surface area contributed by atoms with Crippen molar-refractivity contribution in [2.75, 3.05) is 19.6 Å². The molecule has 40 heavy (non-hydrogen) atoms. The largest absolute Gasteiger partial charge is 0.726 e. The van der Waals surface area contributed by atoms with Gasteiger partial charge < -0.3 is 14.6 Å². The summed E-state index contributed by atoms with van der Waals surface area (Å²) in [5.41, 5.74) is 1.16. The summed E-state index contributed by atoms with van der Waals surface area (Å²) >= 11 is 0. The molecule has 226 valence electrons. The number of carbonyl (C=O) groups is 1. The van der Waals surface area contributed by atoms with Crippen LogP contribution in [0.1, 0.15) is 89.5 Å². The summed E-state index contributed by atoms with van der Waals surface area (Å²) in [5.74, 6) is 0.877. The van der Waals surface area contributed by atoms with Gasteiger partial charge in [0, 0.05) is 23.7 Å².